The summed E-state index contributed by atoms with van der Waals surface area (Å²) in [7, 11) is 2.05. The van der Waals surface area contributed by atoms with Crippen molar-refractivity contribution >= 4 is 5.95 Å². The van der Waals surface area contributed by atoms with Crippen molar-refractivity contribution in [2.24, 2.45) is 0 Å². The molecule has 1 aromatic rings. The molecule has 1 fully saturated rings. The number of aromatic nitrogens is 2. The molecule has 0 amide bonds. The molecule has 1 aliphatic heterocycles. The van der Waals surface area contributed by atoms with Gasteiger partial charge < -0.3 is 10.2 Å². The van der Waals surface area contributed by atoms with E-state index in [-0.39, 0.29) is 0 Å². The zero-order chi connectivity index (χ0) is 9.10. The predicted octanol–water partition coefficient (Wildman–Crippen LogP) is 0.275. The van der Waals surface area contributed by atoms with Crippen molar-refractivity contribution in [1.82, 2.24) is 15.3 Å². The largest absolute Gasteiger partial charge is 0.340 e. The van der Waals surface area contributed by atoms with Crippen LogP contribution in [0.3, 0.4) is 0 Å². The summed E-state index contributed by atoms with van der Waals surface area (Å²) in [5, 5.41) is 3.33. The van der Waals surface area contributed by atoms with Gasteiger partial charge in [0.25, 0.3) is 0 Å². The zero-order valence-corrected chi connectivity index (χ0v) is 7.77. The Balaban J connectivity index is 2.08. The Morgan fingerprint density at radius 2 is 2.23 bits per heavy atom. The van der Waals surface area contributed by atoms with E-state index in [1.165, 1.54) is 6.42 Å². The fourth-order valence-electron chi connectivity index (χ4n) is 1.61. The Kier molecular flexibility index (Phi) is 2.40. The van der Waals surface area contributed by atoms with Gasteiger partial charge in [-0.3, -0.25) is 0 Å². The molecule has 1 aliphatic rings. The van der Waals surface area contributed by atoms with Gasteiger partial charge in [-0.15, -0.1) is 0 Å². The molecule has 70 valence electrons. The molecule has 0 aliphatic carbocycles. The van der Waals surface area contributed by atoms with Gasteiger partial charge >= 0.3 is 0 Å². The normalized spacial score (nSPS) is 21.8. The Labute approximate surface area is 78.0 Å². The molecular weight excluding hydrogens is 164 g/mol. The molecule has 0 bridgehead atoms. The maximum absolute atomic E-state index is 4.21. The van der Waals surface area contributed by atoms with Crippen LogP contribution in [-0.2, 0) is 0 Å². The van der Waals surface area contributed by atoms with Crippen LogP contribution in [0.2, 0.25) is 0 Å². The first-order valence-corrected chi connectivity index (χ1v) is 4.58. The summed E-state index contributed by atoms with van der Waals surface area (Å²) in [6.45, 7) is 2.14. The Morgan fingerprint density at radius 3 is 2.85 bits per heavy atom. The second kappa shape index (κ2) is 3.70. The summed E-state index contributed by atoms with van der Waals surface area (Å²) in [6, 6.07) is 2.38. The van der Waals surface area contributed by atoms with Gasteiger partial charge in [0.2, 0.25) is 5.95 Å². The average molecular weight is 178 g/mol. The lowest BCUT2D eigenvalue weighted by molar-refractivity contribution is 0.668. The highest BCUT2D eigenvalue weighted by atomic mass is 15.3. The summed E-state index contributed by atoms with van der Waals surface area (Å²) in [6.07, 6.45) is 4.73. The van der Waals surface area contributed by atoms with E-state index in [1.807, 2.05) is 13.1 Å². The van der Waals surface area contributed by atoms with Crippen LogP contribution in [0.15, 0.2) is 18.5 Å². The Bertz CT molecular complexity index is 256. The molecule has 0 aromatic carbocycles. The third-order valence-electron chi connectivity index (χ3n) is 2.45. The van der Waals surface area contributed by atoms with E-state index >= 15 is 0 Å². The minimum absolute atomic E-state index is 0.544. The summed E-state index contributed by atoms with van der Waals surface area (Å²) < 4.78 is 0. The van der Waals surface area contributed by atoms with Crippen molar-refractivity contribution < 1.29 is 0 Å². The van der Waals surface area contributed by atoms with E-state index in [0.717, 1.165) is 19.0 Å². The maximum Gasteiger partial charge on any atom is 0.225 e. The zero-order valence-electron chi connectivity index (χ0n) is 7.77. The van der Waals surface area contributed by atoms with Gasteiger partial charge in [-0.05, 0) is 19.0 Å². The Hall–Kier alpha value is -1.16. The fourth-order valence-corrected chi connectivity index (χ4v) is 1.61. The third kappa shape index (κ3) is 1.78. The van der Waals surface area contributed by atoms with Gasteiger partial charge in [0.15, 0.2) is 0 Å². The van der Waals surface area contributed by atoms with Gasteiger partial charge in [-0.1, -0.05) is 0 Å². The predicted molar refractivity (Wildman–Crippen MR) is 51.7 cm³/mol. The van der Waals surface area contributed by atoms with Gasteiger partial charge in [0.05, 0.1) is 0 Å². The molecule has 2 rings (SSSR count). The van der Waals surface area contributed by atoms with Crippen LogP contribution in [0, 0.1) is 0 Å². The van der Waals surface area contributed by atoms with Crippen LogP contribution in [0.5, 0.6) is 0 Å². The fraction of sp³-hybridized carbons (Fsp3) is 0.556. The highest BCUT2D eigenvalue weighted by Crippen LogP contribution is 2.11. The van der Waals surface area contributed by atoms with Crippen molar-refractivity contribution in [3.63, 3.8) is 0 Å². The summed E-state index contributed by atoms with van der Waals surface area (Å²) >= 11 is 0. The topological polar surface area (TPSA) is 41.1 Å². The van der Waals surface area contributed by atoms with Crippen LogP contribution in [0.25, 0.3) is 0 Å². The van der Waals surface area contributed by atoms with Crippen molar-refractivity contribution in [3.8, 4) is 0 Å². The van der Waals surface area contributed by atoms with E-state index in [4.69, 9.17) is 0 Å². The minimum Gasteiger partial charge on any atom is -0.340 e. The van der Waals surface area contributed by atoms with Gasteiger partial charge in [-0.25, -0.2) is 9.97 Å². The number of rotatable bonds is 2. The molecule has 2 heterocycles. The lowest BCUT2D eigenvalue weighted by Crippen LogP contribution is -2.34. The maximum atomic E-state index is 4.21. The first-order valence-electron chi connectivity index (χ1n) is 4.58. The van der Waals surface area contributed by atoms with Crippen LogP contribution in [0.1, 0.15) is 6.42 Å². The number of hydrogen-bond acceptors (Lipinski definition) is 4. The van der Waals surface area contributed by atoms with E-state index in [1.54, 1.807) is 12.4 Å². The number of nitrogens with one attached hydrogen (secondary N) is 1. The van der Waals surface area contributed by atoms with Crippen molar-refractivity contribution in [2.75, 3.05) is 25.0 Å². The molecule has 4 heteroatoms. The summed E-state index contributed by atoms with van der Waals surface area (Å²) in [4.78, 5) is 10.6. The molecule has 1 atom stereocenters. The summed E-state index contributed by atoms with van der Waals surface area (Å²) in [5.74, 6) is 0.816. The summed E-state index contributed by atoms with van der Waals surface area (Å²) in [5.41, 5.74) is 0. The molecule has 4 nitrogen and oxygen atoms in total. The smallest absolute Gasteiger partial charge is 0.225 e. The van der Waals surface area contributed by atoms with Crippen molar-refractivity contribution in [1.29, 1.82) is 0 Å². The average Bonchev–Trinajstić information content (AvgIpc) is 2.71. The van der Waals surface area contributed by atoms with Crippen molar-refractivity contribution in [2.45, 2.75) is 12.5 Å². The number of hydrogen-bond donors (Lipinski definition) is 1. The highest BCUT2D eigenvalue weighted by molar-refractivity contribution is 5.29. The second-order valence-electron chi connectivity index (χ2n) is 3.31. The van der Waals surface area contributed by atoms with E-state index in [2.05, 4.69) is 20.2 Å². The third-order valence-corrected chi connectivity index (χ3v) is 2.45. The lowest BCUT2D eigenvalue weighted by Gasteiger charge is -2.23. The van der Waals surface area contributed by atoms with Gasteiger partial charge in [0, 0.05) is 32.0 Å². The molecule has 0 radical (unpaired) electrons. The molecule has 1 N–H and O–H groups in total. The number of nitrogens with zero attached hydrogens (tertiary/aromatic N) is 3. The molecule has 0 spiro atoms. The standard InChI is InChI=1S/C9H14N4/c1-13(8-3-6-10-7-8)9-11-4-2-5-12-9/h2,4-5,8,10H,3,6-7H2,1H3. The SMILES string of the molecule is CN(c1ncccn1)C1CCNC1. The molecule has 0 saturated carbocycles. The van der Waals surface area contributed by atoms with Crippen LogP contribution in [-0.4, -0.2) is 36.1 Å². The lowest BCUT2D eigenvalue weighted by atomic mass is 10.2. The van der Waals surface area contributed by atoms with E-state index < -0.39 is 0 Å². The molecule has 1 unspecified atom stereocenters. The van der Waals surface area contributed by atoms with Crippen molar-refractivity contribution in [3.05, 3.63) is 18.5 Å². The monoisotopic (exact) mass is 178 g/mol. The quantitative estimate of drug-likeness (QED) is 0.706. The first kappa shape index (κ1) is 8.44. The molecule has 13 heavy (non-hydrogen) atoms. The first-order chi connectivity index (χ1) is 6.38. The second-order valence-corrected chi connectivity index (χ2v) is 3.31. The molecular formula is C9H14N4. The van der Waals surface area contributed by atoms with Crippen LogP contribution < -0.4 is 10.2 Å². The highest BCUT2D eigenvalue weighted by Gasteiger charge is 2.20. The van der Waals surface area contributed by atoms with Gasteiger partial charge in [-0.2, -0.15) is 0 Å². The van der Waals surface area contributed by atoms with E-state index in [0.29, 0.717) is 6.04 Å². The van der Waals surface area contributed by atoms with E-state index in [9.17, 15) is 0 Å². The number of anilines is 1. The Morgan fingerprint density at radius 1 is 1.46 bits per heavy atom. The minimum atomic E-state index is 0.544. The number of likely N-dealkylation sites (N-methyl/N-ethyl adjacent to an activating group) is 1. The van der Waals surface area contributed by atoms with Gasteiger partial charge in [0.1, 0.15) is 0 Å². The van der Waals surface area contributed by atoms with Crippen LogP contribution >= 0.6 is 0 Å². The molecule has 1 saturated heterocycles. The molecule has 1 aromatic heterocycles. The van der Waals surface area contributed by atoms with Crippen LogP contribution in [0.4, 0.5) is 5.95 Å².